The van der Waals surface area contributed by atoms with Crippen LogP contribution in [0.2, 0.25) is 0 Å². The molecule has 0 unspecified atom stereocenters. The van der Waals surface area contributed by atoms with Crippen LogP contribution in [0.3, 0.4) is 0 Å². The lowest BCUT2D eigenvalue weighted by Gasteiger charge is -2.16. The predicted molar refractivity (Wildman–Crippen MR) is 91.3 cm³/mol. The molecule has 4 N–H and O–H groups in total. The van der Waals surface area contributed by atoms with Gasteiger partial charge in [0.25, 0.3) is 0 Å². The summed E-state index contributed by atoms with van der Waals surface area (Å²) >= 11 is 0. The van der Waals surface area contributed by atoms with Crippen LogP contribution in [0.25, 0.3) is 11.0 Å². The number of pyridine rings is 1. The lowest BCUT2D eigenvalue weighted by atomic mass is 10.0. The summed E-state index contributed by atoms with van der Waals surface area (Å²) in [5.74, 6) is 0.893. The van der Waals surface area contributed by atoms with E-state index in [1.165, 1.54) is 12.8 Å². The molecule has 0 bridgehead atoms. The van der Waals surface area contributed by atoms with Gasteiger partial charge < -0.3 is 20.9 Å². The van der Waals surface area contributed by atoms with Crippen LogP contribution in [-0.4, -0.2) is 45.9 Å². The molecule has 0 saturated carbocycles. The molecular weight excluding hydrogens is 294 g/mol. The Morgan fingerprint density at radius 1 is 1.26 bits per heavy atom. The smallest absolute Gasteiger partial charge is 0.169 e. The Morgan fingerprint density at radius 3 is 2.48 bits per heavy atom. The van der Waals surface area contributed by atoms with Gasteiger partial charge in [0.15, 0.2) is 11.6 Å². The van der Waals surface area contributed by atoms with Crippen molar-refractivity contribution in [2.45, 2.75) is 38.7 Å². The number of nitrogens with one attached hydrogen (secondary N) is 1. The van der Waals surface area contributed by atoms with Gasteiger partial charge in [-0.1, -0.05) is 0 Å². The molecule has 126 valence electrons. The van der Waals surface area contributed by atoms with E-state index < -0.39 is 5.60 Å². The fraction of sp³-hybridized carbons (Fsp3) is 0.562. The van der Waals surface area contributed by atoms with Gasteiger partial charge in [-0.25, -0.2) is 9.97 Å². The van der Waals surface area contributed by atoms with Gasteiger partial charge in [-0.05, 0) is 32.8 Å². The quantitative estimate of drug-likeness (QED) is 0.791. The number of nitrogens with two attached hydrogens (primary N) is 1. The fourth-order valence-corrected chi connectivity index (χ4v) is 2.25. The topological polar surface area (TPSA) is 106 Å². The van der Waals surface area contributed by atoms with E-state index in [1.807, 2.05) is 0 Å². The van der Waals surface area contributed by atoms with Gasteiger partial charge in [-0.2, -0.15) is 0 Å². The molecular formula is C16H25N5O2. The average molecular weight is 319 g/mol. The zero-order valence-electron chi connectivity index (χ0n) is 14.0. The van der Waals surface area contributed by atoms with Gasteiger partial charge >= 0.3 is 0 Å². The zero-order valence-corrected chi connectivity index (χ0v) is 14.0. The van der Waals surface area contributed by atoms with Crippen molar-refractivity contribution in [1.82, 2.24) is 15.0 Å². The monoisotopic (exact) mass is 319 g/mol. The molecule has 3 rings (SSSR count). The SMILES string of the molecule is C1CCOC1.CNc1nc2cnc(CC(C)(C)O)cc2nc1N. The number of ether oxygens (including phenoxy) is 1. The fourth-order valence-electron chi connectivity index (χ4n) is 2.25. The van der Waals surface area contributed by atoms with E-state index in [9.17, 15) is 5.11 Å². The maximum atomic E-state index is 9.77. The van der Waals surface area contributed by atoms with Crippen molar-refractivity contribution in [3.8, 4) is 0 Å². The lowest BCUT2D eigenvalue weighted by molar-refractivity contribution is 0.0800. The molecule has 1 aliphatic rings. The number of anilines is 2. The van der Waals surface area contributed by atoms with Gasteiger partial charge in [0.05, 0.1) is 17.3 Å². The van der Waals surface area contributed by atoms with Crippen LogP contribution in [0.1, 0.15) is 32.4 Å². The lowest BCUT2D eigenvalue weighted by Crippen LogP contribution is -2.22. The molecule has 7 nitrogen and oxygen atoms in total. The molecule has 2 aromatic rings. The van der Waals surface area contributed by atoms with E-state index in [0.29, 0.717) is 29.1 Å². The van der Waals surface area contributed by atoms with Crippen molar-refractivity contribution in [3.63, 3.8) is 0 Å². The second-order valence-corrected chi connectivity index (χ2v) is 6.18. The zero-order chi connectivity index (χ0) is 16.9. The minimum atomic E-state index is -0.801. The van der Waals surface area contributed by atoms with Crippen molar-refractivity contribution < 1.29 is 9.84 Å². The first-order valence-electron chi connectivity index (χ1n) is 7.79. The highest BCUT2D eigenvalue weighted by Crippen LogP contribution is 2.19. The second kappa shape index (κ2) is 7.52. The summed E-state index contributed by atoms with van der Waals surface area (Å²) < 4.78 is 4.94. The van der Waals surface area contributed by atoms with Gasteiger partial charge in [0.2, 0.25) is 0 Å². The summed E-state index contributed by atoms with van der Waals surface area (Å²) in [6.45, 7) is 5.48. The third kappa shape index (κ3) is 5.30. The van der Waals surface area contributed by atoms with E-state index in [1.54, 1.807) is 33.2 Å². The van der Waals surface area contributed by atoms with Crippen LogP contribution in [0.4, 0.5) is 11.6 Å². The van der Waals surface area contributed by atoms with Gasteiger partial charge in [-0.15, -0.1) is 0 Å². The van der Waals surface area contributed by atoms with Crippen LogP contribution in [0, 0.1) is 0 Å². The highest BCUT2D eigenvalue weighted by atomic mass is 16.5. The molecule has 7 heteroatoms. The molecule has 0 radical (unpaired) electrons. The number of hydrogen-bond acceptors (Lipinski definition) is 7. The second-order valence-electron chi connectivity index (χ2n) is 6.18. The van der Waals surface area contributed by atoms with Gasteiger partial charge in [0.1, 0.15) is 5.52 Å². The summed E-state index contributed by atoms with van der Waals surface area (Å²) in [5, 5.41) is 12.6. The molecule has 1 aliphatic heterocycles. The number of fused-ring (bicyclic) bond motifs is 1. The summed E-state index contributed by atoms with van der Waals surface area (Å²) in [4.78, 5) is 12.8. The normalized spacial score (nSPS) is 14.4. The van der Waals surface area contributed by atoms with Crippen molar-refractivity contribution >= 4 is 22.7 Å². The average Bonchev–Trinajstić information content (AvgIpc) is 3.04. The molecule has 3 heterocycles. The first kappa shape index (κ1) is 17.4. The molecule has 0 aromatic carbocycles. The Labute approximate surface area is 136 Å². The Kier molecular flexibility index (Phi) is 5.68. The van der Waals surface area contributed by atoms with Crippen molar-refractivity contribution in [3.05, 3.63) is 18.0 Å². The van der Waals surface area contributed by atoms with Crippen LogP contribution < -0.4 is 11.1 Å². The molecule has 0 aliphatic carbocycles. The number of rotatable bonds is 3. The van der Waals surface area contributed by atoms with Crippen molar-refractivity contribution in [2.24, 2.45) is 0 Å². The molecule has 2 aromatic heterocycles. The summed E-state index contributed by atoms with van der Waals surface area (Å²) in [6.07, 6.45) is 4.65. The number of hydrogen-bond donors (Lipinski definition) is 3. The highest BCUT2D eigenvalue weighted by Gasteiger charge is 2.15. The molecule has 0 atom stereocenters. The number of nitrogen functional groups attached to an aromatic ring is 1. The largest absolute Gasteiger partial charge is 0.390 e. The molecule has 0 amide bonds. The molecule has 1 saturated heterocycles. The third-order valence-electron chi connectivity index (χ3n) is 3.31. The summed E-state index contributed by atoms with van der Waals surface area (Å²) in [7, 11) is 1.74. The Bertz CT molecular complexity index is 643. The van der Waals surface area contributed by atoms with Crippen LogP contribution >= 0.6 is 0 Å². The third-order valence-corrected chi connectivity index (χ3v) is 3.31. The molecule has 23 heavy (non-hydrogen) atoms. The summed E-state index contributed by atoms with van der Waals surface area (Å²) in [6, 6.07) is 1.80. The number of aliphatic hydroxyl groups is 1. The Balaban J connectivity index is 0.000000326. The van der Waals surface area contributed by atoms with Crippen LogP contribution in [-0.2, 0) is 11.2 Å². The van der Waals surface area contributed by atoms with E-state index in [2.05, 4.69) is 20.3 Å². The van der Waals surface area contributed by atoms with Crippen LogP contribution in [0.5, 0.6) is 0 Å². The Hall–Kier alpha value is -1.99. The first-order chi connectivity index (χ1) is 10.9. The van der Waals surface area contributed by atoms with Gasteiger partial charge in [0, 0.05) is 32.4 Å². The van der Waals surface area contributed by atoms with E-state index in [0.717, 1.165) is 18.9 Å². The predicted octanol–water partition coefficient (Wildman–Crippen LogP) is 1.76. The summed E-state index contributed by atoms with van der Waals surface area (Å²) in [5.41, 5.74) is 7.09. The maximum Gasteiger partial charge on any atom is 0.169 e. The van der Waals surface area contributed by atoms with Crippen LogP contribution in [0.15, 0.2) is 12.3 Å². The molecule has 1 fully saturated rings. The van der Waals surface area contributed by atoms with E-state index >= 15 is 0 Å². The van der Waals surface area contributed by atoms with Gasteiger partial charge in [-0.3, -0.25) is 4.98 Å². The number of aromatic nitrogens is 3. The highest BCUT2D eigenvalue weighted by molar-refractivity contribution is 5.79. The van der Waals surface area contributed by atoms with E-state index in [-0.39, 0.29) is 0 Å². The number of nitrogens with zero attached hydrogens (tertiary/aromatic N) is 3. The minimum absolute atomic E-state index is 0.352. The standard InChI is InChI=1S/C12H17N5O.C4H8O/c1-12(2,18)5-7-4-8-9(6-15-7)17-11(14-3)10(13)16-8;1-2-4-5-3-1/h4,6,18H,5H2,1-3H3,(H2,13,16)(H,14,17);1-4H2. The minimum Gasteiger partial charge on any atom is -0.390 e. The molecule has 0 spiro atoms. The first-order valence-corrected chi connectivity index (χ1v) is 7.79. The maximum absolute atomic E-state index is 9.77. The van der Waals surface area contributed by atoms with Crippen molar-refractivity contribution in [1.29, 1.82) is 0 Å². The van der Waals surface area contributed by atoms with E-state index in [4.69, 9.17) is 10.5 Å². The van der Waals surface area contributed by atoms with Crippen molar-refractivity contribution in [2.75, 3.05) is 31.3 Å². The Morgan fingerprint density at radius 2 is 1.96 bits per heavy atom.